The minimum Gasteiger partial charge on any atom is -0.478 e. The first-order valence-electron chi connectivity index (χ1n) is 3.42. The Morgan fingerprint density at radius 3 is 2.69 bits per heavy atom. The van der Waals surface area contributed by atoms with E-state index >= 15 is 0 Å². The van der Waals surface area contributed by atoms with Crippen LogP contribution in [0.5, 0.6) is 0 Å². The predicted molar refractivity (Wildman–Crippen MR) is 54.6 cm³/mol. The van der Waals surface area contributed by atoms with Crippen molar-refractivity contribution in [2.45, 2.75) is 4.90 Å². The minimum absolute atomic E-state index is 0.159. The normalized spacial score (nSPS) is 10.0. The first-order chi connectivity index (χ1) is 6.06. The van der Waals surface area contributed by atoms with Gasteiger partial charge in [-0.2, -0.15) is 0 Å². The molecule has 0 aromatic heterocycles. The molecule has 3 N–H and O–H groups in total. The Kier molecular flexibility index (Phi) is 3.06. The molecule has 0 bridgehead atoms. The van der Waals surface area contributed by atoms with Gasteiger partial charge in [-0.05, 0) is 18.4 Å². The van der Waals surface area contributed by atoms with Crippen molar-refractivity contribution in [3.8, 4) is 0 Å². The summed E-state index contributed by atoms with van der Waals surface area (Å²) in [7, 11) is 0. The van der Waals surface area contributed by atoms with Crippen LogP contribution in [-0.2, 0) is 0 Å². The van der Waals surface area contributed by atoms with E-state index in [0.29, 0.717) is 15.6 Å². The number of thioether (sulfide) groups is 1. The van der Waals surface area contributed by atoms with Crippen molar-refractivity contribution in [1.82, 2.24) is 0 Å². The quantitative estimate of drug-likeness (QED) is 0.590. The Labute approximate surface area is 84.9 Å². The van der Waals surface area contributed by atoms with E-state index in [0.717, 1.165) is 0 Å². The molecule has 0 spiro atoms. The Bertz CT molecular complexity index is 354. The molecule has 3 nitrogen and oxygen atoms in total. The van der Waals surface area contributed by atoms with Crippen LogP contribution in [0.1, 0.15) is 10.4 Å². The van der Waals surface area contributed by atoms with Crippen molar-refractivity contribution in [2.75, 3.05) is 12.0 Å². The van der Waals surface area contributed by atoms with Crippen LogP contribution in [0.15, 0.2) is 17.0 Å². The van der Waals surface area contributed by atoms with Gasteiger partial charge in [0.15, 0.2) is 0 Å². The SMILES string of the molecule is CSc1cc(C(=O)O)cc(N)c1Cl. The first-order valence-corrected chi connectivity index (χ1v) is 5.03. The molecule has 1 rings (SSSR count). The molecule has 0 radical (unpaired) electrons. The van der Waals surface area contributed by atoms with Gasteiger partial charge in [-0.1, -0.05) is 11.6 Å². The van der Waals surface area contributed by atoms with Crippen LogP contribution in [0.2, 0.25) is 5.02 Å². The fourth-order valence-corrected chi connectivity index (χ4v) is 1.77. The summed E-state index contributed by atoms with van der Waals surface area (Å²) in [5, 5.41) is 9.13. The largest absolute Gasteiger partial charge is 0.478 e. The molecule has 0 atom stereocenters. The van der Waals surface area contributed by atoms with E-state index in [2.05, 4.69) is 0 Å². The molecule has 13 heavy (non-hydrogen) atoms. The highest BCUT2D eigenvalue weighted by Gasteiger charge is 2.10. The van der Waals surface area contributed by atoms with E-state index in [4.69, 9.17) is 22.4 Å². The van der Waals surface area contributed by atoms with Crippen LogP contribution >= 0.6 is 23.4 Å². The van der Waals surface area contributed by atoms with E-state index in [1.165, 1.54) is 23.9 Å². The van der Waals surface area contributed by atoms with E-state index < -0.39 is 5.97 Å². The van der Waals surface area contributed by atoms with Crippen molar-refractivity contribution in [3.05, 3.63) is 22.7 Å². The lowest BCUT2D eigenvalue weighted by atomic mass is 10.2. The maximum atomic E-state index is 10.6. The summed E-state index contributed by atoms with van der Waals surface area (Å²) in [6.07, 6.45) is 1.81. The lowest BCUT2D eigenvalue weighted by Crippen LogP contribution is -1.99. The lowest BCUT2D eigenvalue weighted by molar-refractivity contribution is 0.0696. The molecule has 1 aromatic rings. The van der Waals surface area contributed by atoms with Gasteiger partial charge >= 0.3 is 5.97 Å². The van der Waals surface area contributed by atoms with Crippen molar-refractivity contribution >= 4 is 35.0 Å². The highest BCUT2D eigenvalue weighted by molar-refractivity contribution is 7.98. The number of hydrogen-bond donors (Lipinski definition) is 2. The molecular weight excluding hydrogens is 210 g/mol. The summed E-state index contributed by atoms with van der Waals surface area (Å²) >= 11 is 7.20. The Morgan fingerprint density at radius 2 is 2.23 bits per heavy atom. The highest BCUT2D eigenvalue weighted by Crippen LogP contribution is 2.31. The van der Waals surface area contributed by atoms with Gasteiger partial charge in [-0.3, -0.25) is 0 Å². The molecule has 5 heteroatoms. The molecule has 0 saturated carbocycles. The summed E-state index contributed by atoms with van der Waals surface area (Å²) < 4.78 is 0. The van der Waals surface area contributed by atoms with Crippen molar-refractivity contribution < 1.29 is 9.90 Å². The van der Waals surface area contributed by atoms with Crippen LogP contribution < -0.4 is 5.73 Å². The first kappa shape index (κ1) is 10.2. The zero-order valence-electron chi connectivity index (χ0n) is 6.87. The number of nitrogen functional groups attached to an aromatic ring is 1. The number of benzene rings is 1. The Morgan fingerprint density at radius 1 is 1.62 bits per heavy atom. The second-order valence-corrected chi connectivity index (χ2v) is 3.61. The topological polar surface area (TPSA) is 63.3 Å². The monoisotopic (exact) mass is 217 g/mol. The minimum atomic E-state index is -1.00. The number of halogens is 1. The number of carboxylic acids is 1. The maximum absolute atomic E-state index is 10.6. The highest BCUT2D eigenvalue weighted by atomic mass is 35.5. The van der Waals surface area contributed by atoms with E-state index in [1.807, 2.05) is 6.26 Å². The maximum Gasteiger partial charge on any atom is 0.335 e. The molecule has 0 saturated heterocycles. The summed E-state index contributed by atoms with van der Waals surface area (Å²) in [4.78, 5) is 11.3. The fraction of sp³-hybridized carbons (Fsp3) is 0.125. The van der Waals surface area contributed by atoms with E-state index in [-0.39, 0.29) is 5.56 Å². The zero-order valence-corrected chi connectivity index (χ0v) is 8.45. The Hall–Kier alpha value is -0.870. The van der Waals surface area contributed by atoms with Gasteiger partial charge in [0.2, 0.25) is 0 Å². The second-order valence-electron chi connectivity index (χ2n) is 2.39. The van der Waals surface area contributed by atoms with Gasteiger partial charge in [0.25, 0.3) is 0 Å². The molecule has 0 fully saturated rings. The molecule has 1 aromatic carbocycles. The molecular formula is C8H8ClNO2S. The molecule has 0 aliphatic carbocycles. The Balaban J connectivity index is 3.30. The number of rotatable bonds is 2. The molecule has 0 aliphatic heterocycles. The average molecular weight is 218 g/mol. The van der Waals surface area contributed by atoms with Crippen LogP contribution in [0.25, 0.3) is 0 Å². The van der Waals surface area contributed by atoms with Crippen LogP contribution in [0.4, 0.5) is 5.69 Å². The van der Waals surface area contributed by atoms with Crippen LogP contribution in [-0.4, -0.2) is 17.3 Å². The van der Waals surface area contributed by atoms with Crippen LogP contribution in [0, 0.1) is 0 Å². The van der Waals surface area contributed by atoms with Gasteiger partial charge in [0.05, 0.1) is 16.3 Å². The number of anilines is 1. The van der Waals surface area contributed by atoms with Gasteiger partial charge in [0, 0.05) is 4.90 Å². The standard InChI is InChI=1S/C8H8ClNO2S/c1-13-6-3-4(8(11)12)2-5(10)7(6)9/h2-3H,10H2,1H3,(H,11,12). The number of hydrogen-bond acceptors (Lipinski definition) is 3. The van der Waals surface area contributed by atoms with Gasteiger partial charge in [-0.15, -0.1) is 11.8 Å². The molecule has 0 unspecified atom stereocenters. The van der Waals surface area contributed by atoms with Gasteiger partial charge in [-0.25, -0.2) is 4.79 Å². The third-order valence-electron chi connectivity index (χ3n) is 1.53. The summed E-state index contributed by atoms with van der Waals surface area (Å²) in [5.41, 5.74) is 5.98. The average Bonchev–Trinajstić information content (AvgIpc) is 2.09. The zero-order chi connectivity index (χ0) is 10.0. The summed E-state index contributed by atoms with van der Waals surface area (Å²) in [6, 6.07) is 2.86. The van der Waals surface area contributed by atoms with Crippen molar-refractivity contribution in [2.24, 2.45) is 0 Å². The molecule has 0 amide bonds. The van der Waals surface area contributed by atoms with Crippen molar-refractivity contribution in [1.29, 1.82) is 0 Å². The summed E-state index contributed by atoms with van der Waals surface area (Å²) in [6.45, 7) is 0. The molecule has 70 valence electrons. The number of carboxylic acid groups (broad SMARTS) is 1. The predicted octanol–water partition coefficient (Wildman–Crippen LogP) is 2.34. The summed E-state index contributed by atoms with van der Waals surface area (Å²) in [5.74, 6) is -1.00. The second kappa shape index (κ2) is 3.89. The van der Waals surface area contributed by atoms with Crippen molar-refractivity contribution in [3.63, 3.8) is 0 Å². The molecule has 0 aliphatic rings. The number of aromatic carboxylic acids is 1. The third-order valence-corrected chi connectivity index (χ3v) is 2.83. The van der Waals surface area contributed by atoms with Gasteiger partial charge < -0.3 is 10.8 Å². The van der Waals surface area contributed by atoms with Gasteiger partial charge in [0.1, 0.15) is 0 Å². The number of carbonyl (C=O) groups is 1. The number of nitrogens with two attached hydrogens (primary N) is 1. The third kappa shape index (κ3) is 2.08. The molecule has 0 heterocycles. The van der Waals surface area contributed by atoms with E-state index in [1.54, 1.807) is 0 Å². The smallest absolute Gasteiger partial charge is 0.335 e. The van der Waals surface area contributed by atoms with Crippen LogP contribution in [0.3, 0.4) is 0 Å². The fourth-order valence-electron chi connectivity index (χ4n) is 0.891. The lowest BCUT2D eigenvalue weighted by Gasteiger charge is -2.05. The van der Waals surface area contributed by atoms with E-state index in [9.17, 15) is 4.79 Å².